The van der Waals surface area contributed by atoms with Crippen LogP contribution < -0.4 is 22.1 Å². The van der Waals surface area contributed by atoms with Gasteiger partial charge in [0.1, 0.15) is 9.75 Å². The summed E-state index contributed by atoms with van der Waals surface area (Å²) in [6, 6.07) is 13.6. The van der Waals surface area contributed by atoms with Crippen LogP contribution in [0, 0.1) is 0 Å². The van der Waals surface area contributed by atoms with Crippen LogP contribution in [0.3, 0.4) is 0 Å². The number of hydrogen-bond donors (Lipinski definition) is 4. The van der Waals surface area contributed by atoms with E-state index >= 15 is 0 Å². The number of nitrogens with one attached hydrogen (secondary N) is 2. The van der Waals surface area contributed by atoms with Crippen molar-refractivity contribution in [2.75, 3.05) is 22.1 Å². The number of carbonyl (C=O) groups excluding carboxylic acids is 2. The van der Waals surface area contributed by atoms with Crippen molar-refractivity contribution < 1.29 is 9.59 Å². The van der Waals surface area contributed by atoms with Gasteiger partial charge in [-0.25, -0.2) is 0 Å². The average molecular weight is 477 g/mol. The van der Waals surface area contributed by atoms with Gasteiger partial charge in [0.2, 0.25) is 0 Å². The molecule has 4 rings (SSSR count). The van der Waals surface area contributed by atoms with Crippen molar-refractivity contribution in [3.63, 3.8) is 0 Å². The van der Waals surface area contributed by atoms with Crippen molar-refractivity contribution in [1.29, 1.82) is 0 Å². The monoisotopic (exact) mass is 476 g/mol. The Morgan fingerprint density at radius 3 is 1.57 bits per heavy atom. The van der Waals surface area contributed by atoms with Crippen LogP contribution in [-0.2, 0) is 0 Å². The third-order valence-corrected chi connectivity index (χ3v) is 7.17. The first kappa shape index (κ1) is 20.5. The summed E-state index contributed by atoms with van der Waals surface area (Å²) < 4.78 is 0.692. The van der Waals surface area contributed by atoms with Crippen molar-refractivity contribution in [2.45, 2.75) is 0 Å². The summed E-state index contributed by atoms with van der Waals surface area (Å²) in [5, 5.41) is 7.05. The van der Waals surface area contributed by atoms with E-state index in [4.69, 9.17) is 34.7 Å². The van der Waals surface area contributed by atoms with Gasteiger partial charge in [0.15, 0.2) is 0 Å². The quantitative estimate of drug-likeness (QED) is 0.292. The van der Waals surface area contributed by atoms with Crippen LogP contribution in [0.1, 0.15) is 19.3 Å². The maximum Gasteiger partial charge on any atom is 0.267 e. The molecule has 6 N–H and O–H groups in total. The third-order valence-electron chi connectivity index (χ3n) is 4.20. The van der Waals surface area contributed by atoms with Gasteiger partial charge >= 0.3 is 0 Å². The largest absolute Gasteiger partial charge is 0.397 e. The summed E-state index contributed by atoms with van der Waals surface area (Å²) in [5.41, 5.74) is 14.0. The minimum absolute atomic E-state index is 0.241. The Hall–Kier alpha value is -2.78. The SMILES string of the molecule is Nc1c(C(=O)Nc2cccc(Cl)c2)sc2sc(C(=O)Nc3cccc(Cl)c3)c(N)c12. The molecule has 0 atom stereocenters. The Balaban J connectivity index is 1.61. The fraction of sp³-hybridized carbons (Fsp3) is 0. The van der Waals surface area contributed by atoms with E-state index in [-0.39, 0.29) is 23.2 Å². The molecule has 6 nitrogen and oxygen atoms in total. The Morgan fingerprint density at radius 2 is 1.20 bits per heavy atom. The number of rotatable bonds is 4. The molecule has 4 aromatic rings. The third kappa shape index (κ3) is 3.95. The minimum Gasteiger partial charge on any atom is -0.397 e. The number of nitrogens with two attached hydrogens (primary N) is 2. The second kappa shape index (κ2) is 8.16. The van der Waals surface area contributed by atoms with Crippen LogP contribution in [0.25, 0.3) is 9.40 Å². The molecule has 2 heterocycles. The van der Waals surface area contributed by atoms with E-state index in [1.54, 1.807) is 48.5 Å². The zero-order valence-corrected chi connectivity index (χ0v) is 18.3. The fourth-order valence-corrected chi connectivity index (χ4v) is 5.63. The van der Waals surface area contributed by atoms with Crippen molar-refractivity contribution in [2.24, 2.45) is 0 Å². The number of hydrogen-bond acceptors (Lipinski definition) is 6. The Morgan fingerprint density at radius 1 is 0.767 bits per heavy atom. The number of carbonyl (C=O) groups is 2. The van der Waals surface area contributed by atoms with E-state index in [2.05, 4.69) is 10.6 Å². The average Bonchev–Trinajstić information content (AvgIpc) is 3.19. The predicted molar refractivity (Wildman–Crippen MR) is 127 cm³/mol. The number of benzene rings is 2. The smallest absolute Gasteiger partial charge is 0.267 e. The van der Waals surface area contributed by atoms with Crippen LogP contribution in [0.2, 0.25) is 10.0 Å². The van der Waals surface area contributed by atoms with Crippen LogP contribution in [0.4, 0.5) is 22.7 Å². The van der Waals surface area contributed by atoms with Gasteiger partial charge in [-0.3, -0.25) is 9.59 Å². The molecule has 0 bridgehead atoms. The summed E-state index contributed by atoms with van der Waals surface area (Å²) in [4.78, 5) is 26.0. The van der Waals surface area contributed by atoms with E-state index < -0.39 is 0 Å². The lowest BCUT2D eigenvalue weighted by Gasteiger charge is -2.06. The molecule has 0 aliphatic rings. The fourth-order valence-electron chi connectivity index (χ4n) is 2.86. The standard InChI is InChI=1S/C20H14Cl2N4O2S2/c21-9-3-1-5-11(7-9)25-18(27)16-14(23)13-15(24)17(30-20(13)29-16)19(28)26-12-6-2-4-10(22)8-12/h1-8H,23-24H2,(H,25,27)(H,26,28). The van der Waals surface area contributed by atoms with Gasteiger partial charge in [-0.05, 0) is 36.4 Å². The number of anilines is 4. The van der Waals surface area contributed by atoms with Gasteiger partial charge in [0.25, 0.3) is 11.8 Å². The first-order valence-electron chi connectivity index (χ1n) is 8.57. The van der Waals surface area contributed by atoms with Crippen molar-refractivity contribution in [1.82, 2.24) is 0 Å². The summed E-state index contributed by atoms with van der Waals surface area (Å²) in [7, 11) is 0. The van der Waals surface area contributed by atoms with Crippen LogP contribution in [0.5, 0.6) is 0 Å². The zero-order chi connectivity index (χ0) is 21.4. The van der Waals surface area contributed by atoms with Crippen molar-refractivity contribution >= 4 is 89.8 Å². The summed E-state index contributed by atoms with van der Waals surface area (Å²) in [6.07, 6.45) is 0. The summed E-state index contributed by atoms with van der Waals surface area (Å²) in [6.45, 7) is 0. The second-order valence-electron chi connectivity index (χ2n) is 6.28. The Bertz CT molecular complexity index is 1200. The van der Waals surface area contributed by atoms with E-state index in [0.29, 0.717) is 40.6 Å². The van der Waals surface area contributed by atoms with E-state index in [0.717, 1.165) is 0 Å². The number of amides is 2. The first-order chi connectivity index (χ1) is 14.3. The predicted octanol–water partition coefficient (Wildman–Crippen LogP) is 5.94. The molecule has 0 unspecified atom stereocenters. The lowest BCUT2D eigenvalue weighted by molar-refractivity contribution is 0.102. The molecule has 0 saturated heterocycles. The molecule has 2 amide bonds. The van der Waals surface area contributed by atoms with Gasteiger partial charge in [-0.1, -0.05) is 35.3 Å². The number of fused-ring (bicyclic) bond motifs is 1. The molecular formula is C20H14Cl2N4O2S2. The number of nitrogen functional groups attached to an aromatic ring is 2. The molecule has 0 saturated carbocycles. The molecule has 0 fully saturated rings. The van der Waals surface area contributed by atoms with E-state index in [1.165, 1.54) is 22.7 Å². The molecule has 2 aromatic heterocycles. The second-order valence-corrected chi connectivity index (χ2v) is 9.45. The van der Waals surface area contributed by atoms with Gasteiger partial charge < -0.3 is 22.1 Å². The highest BCUT2D eigenvalue weighted by Crippen LogP contribution is 2.45. The van der Waals surface area contributed by atoms with Crippen molar-refractivity contribution in [3.8, 4) is 0 Å². The molecule has 0 aliphatic carbocycles. The minimum atomic E-state index is -0.368. The lowest BCUT2D eigenvalue weighted by atomic mass is 10.2. The summed E-state index contributed by atoms with van der Waals surface area (Å²) in [5.74, 6) is -0.736. The van der Waals surface area contributed by atoms with Gasteiger partial charge in [0.05, 0.1) is 20.8 Å². The molecule has 0 spiro atoms. The first-order valence-corrected chi connectivity index (χ1v) is 11.0. The zero-order valence-electron chi connectivity index (χ0n) is 15.2. The van der Waals surface area contributed by atoms with Crippen LogP contribution in [-0.4, -0.2) is 11.8 Å². The maximum absolute atomic E-state index is 12.7. The highest BCUT2D eigenvalue weighted by atomic mass is 35.5. The van der Waals surface area contributed by atoms with Gasteiger partial charge in [-0.2, -0.15) is 0 Å². The number of halogens is 2. The Kier molecular flexibility index (Phi) is 5.57. The highest BCUT2D eigenvalue weighted by molar-refractivity contribution is 7.40. The molecule has 0 aliphatic heterocycles. The topological polar surface area (TPSA) is 110 Å². The Labute approximate surface area is 189 Å². The summed E-state index contributed by atoms with van der Waals surface area (Å²) >= 11 is 14.3. The molecule has 30 heavy (non-hydrogen) atoms. The van der Waals surface area contributed by atoms with Gasteiger partial charge in [-0.15, -0.1) is 22.7 Å². The molecule has 10 heteroatoms. The van der Waals surface area contributed by atoms with Crippen LogP contribution in [0.15, 0.2) is 48.5 Å². The molecular weight excluding hydrogens is 463 g/mol. The highest BCUT2D eigenvalue weighted by Gasteiger charge is 2.25. The normalized spacial score (nSPS) is 10.9. The molecule has 152 valence electrons. The molecule has 0 radical (unpaired) electrons. The van der Waals surface area contributed by atoms with E-state index in [9.17, 15) is 9.59 Å². The molecule has 2 aromatic carbocycles. The maximum atomic E-state index is 12.7. The number of thiophene rings is 2. The van der Waals surface area contributed by atoms with E-state index in [1.807, 2.05) is 0 Å². The van der Waals surface area contributed by atoms with Crippen LogP contribution >= 0.6 is 45.9 Å². The lowest BCUT2D eigenvalue weighted by Crippen LogP contribution is -2.13. The van der Waals surface area contributed by atoms with Gasteiger partial charge in [0, 0.05) is 21.4 Å². The van der Waals surface area contributed by atoms with Crippen molar-refractivity contribution in [3.05, 3.63) is 68.3 Å².